The molecule has 0 aliphatic heterocycles. The number of aromatic nitrogens is 2. The quantitative estimate of drug-likeness (QED) is 0.770. The highest BCUT2D eigenvalue weighted by atomic mass is 79.9. The molecular weight excluding hydrogens is 246 g/mol. The summed E-state index contributed by atoms with van der Waals surface area (Å²) in [6.45, 7) is 0. The number of benzene rings is 1. The molecule has 0 amide bonds. The van der Waals surface area contributed by atoms with Gasteiger partial charge in [-0.25, -0.2) is 0 Å². The van der Waals surface area contributed by atoms with Gasteiger partial charge >= 0.3 is 0 Å². The van der Waals surface area contributed by atoms with E-state index in [9.17, 15) is 4.79 Å². The molecule has 1 heterocycles. The fourth-order valence-electron chi connectivity index (χ4n) is 1.36. The van der Waals surface area contributed by atoms with Crippen LogP contribution in [0.4, 0.5) is 5.82 Å². The van der Waals surface area contributed by atoms with E-state index in [1.807, 2.05) is 12.1 Å². The van der Waals surface area contributed by atoms with Crippen LogP contribution in [-0.2, 0) is 7.05 Å². The van der Waals surface area contributed by atoms with Crippen LogP contribution in [-0.4, -0.2) is 9.78 Å². The first-order valence-electron chi connectivity index (χ1n) is 4.01. The summed E-state index contributed by atoms with van der Waals surface area (Å²) in [4.78, 5) is 11.6. The van der Waals surface area contributed by atoms with Gasteiger partial charge in [-0.2, -0.15) is 5.10 Å². The molecule has 0 atom stereocenters. The van der Waals surface area contributed by atoms with Gasteiger partial charge in [0.05, 0.1) is 10.9 Å². The first-order valence-corrected chi connectivity index (χ1v) is 4.81. The summed E-state index contributed by atoms with van der Waals surface area (Å²) in [7, 11) is 1.75. The largest absolute Gasteiger partial charge is 0.379 e. The van der Waals surface area contributed by atoms with Gasteiger partial charge in [0.15, 0.2) is 5.82 Å². The van der Waals surface area contributed by atoms with Crippen molar-refractivity contribution in [1.82, 2.24) is 9.78 Å². The molecule has 0 spiro atoms. The molecule has 2 N–H and O–H groups in total. The second-order valence-corrected chi connectivity index (χ2v) is 3.92. The molecule has 0 radical (unpaired) electrons. The molecule has 0 bridgehead atoms. The summed E-state index contributed by atoms with van der Waals surface area (Å²) < 4.78 is 2.50. The van der Waals surface area contributed by atoms with Gasteiger partial charge in [0.2, 0.25) is 5.43 Å². The molecule has 4 nitrogen and oxygen atoms in total. The van der Waals surface area contributed by atoms with E-state index >= 15 is 0 Å². The third-order valence-corrected chi connectivity index (χ3v) is 2.54. The van der Waals surface area contributed by atoms with Crippen molar-refractivity contribution in [3.05, 3.63) is 32.9 Å². The third-order valence-electron chi connectivity index (χ3n) is 2.04. The predicted molar refractivity (Wildman–Crippen MR) is 59.1 cm³/mol. The lowest BCUT2D eigenvalue weighted by molar-refractivity contribution is 0.780. The lowest BCUT2D eigenvalue weighted by Crippen LogP contribution is -2.16. The number of rotatable bonds is 0. The Morgan fingerprint density at radius 3 is 2.93 bits per heavy atom. The Balaban J connectivity index is 3.02. The van der Waals surface area contributed by atoms with Gasteiger partial charge in [0.1, 0.15) is 0 Å². The number of nitrogens with two attached hydrogens (primary N) is 1. The van der Waals surface area contributed by atoms with E-state index in [0.717, 1.165) is 9.99 Å². The predicted octanol–water partition coefficient (Wildman–Crippen LogP) is 1.28. The standard InChI is InChI=1S/C9H8BrN3O/c1-13-7-4-5(10)2-3-6(7)8(14)9(11)12-13/h2-4H,1H3,(H2,11,12). The smallest absolute Gasteiger partial charge is 0.231 e. The number of hydrogen-bond donors (Lipinski definition) is 1. The Hall–Kier alpha value is -1.36. The molecule has 2 rings (SSSR count). The molecule has 14 heavy (non-hydrogen) atoms. The van der Waals surface area contributed by atoms with Crippen LogP contribution in [0, 0.1) is 0 Å². The minimum atomic E-state index is -0.217. The van der Waals surface area contributed by atoms with Gasteiger partial charge in [0.25, 0.3) is 0 Å². The Labute approximate surface area is 88.5 Å². The van der Waals surface area contributed by atoms with Gasteiger partial charge in [-0.1, -0.05) is 15.9 Å². The summed E-state index contributed by atoms with van der Waals surface area (Å²) in [6.07, 6.45) is 0. The van der Waals surface area contributed by atoms with Gasteiger partial charge in [-0.3, -0.25) is 9.48 Å². The summed E-state index contributed by atoms with van der Waals surface area (Å²) in [6, 6.07) is 5.38. The van der Waals surface area contributed by atoms with Crippen LogP contribution < -0.4 is 11.2 Å². The zero-order valence-electron chi connectivity index (χ0n) is 7.49. The minimum absolute atomic E-state index is 0.0299. The SMILES string of the molecule is Cn1nc(N)c(=O)c2ccc(Br)cc21. The fourth-order valence-corrected chi connectivity index (χ4v) is 1.71. The zero-order chi connectivity index (χ0) is 10.3. The lowest BCUT2D eigenvalue weighted by Gasteiger charge is -2.05. The fraction of sp³-hybridized carbons (Fsp3) is 0.111. The number of nitrogens with zero attached hydrogens (tertiary/aromatic N) is 2. The van der Waals surface area contributed by atoms with Gasteiger partial charge in [-0.15, -0.1) is 0 Å². The number of hydrogen-bond acceptors (Lipinski definition) is 3. The summed E-state index contributed by atoms with van der Waals surface area (Å²) in [5, 5.41) is 4.49. The highest BCUT2D eigenvalue weighted by molar-refractivity contribution is 9.10. The maximum atomic E-state index is 11.6. The van der Waals surface area contributed by atoms with Crippen LogP contribution in [0.2, 0.25) is 0 Å². The average molecular weight is 254 g/mol. The van der Waals surface area contributed by atoms with Gasteiger partial charge < -0.3 is 5.73 Å². The van der Waals surface area contributed by atoms with Crippen LogP contribution in [0.1, 0.15) is 0 Å². The van der Waals surface area contributed by atoms with Crippen molar-refractivity contribution in [3.63, 3.8) is 0 Å². The van der Waals surface area contributed by atoms with Gasteiger partial charge in [0, 0.05) is 11.5 Å². The maximum Gasteiger partial charge on any atom is 0.231 e. The number of anilines is 1. The number of fused-ring (bicyclic) bond motifs is 1. The summed E-state index contributed by atoms with van der Waals surface area (Å²) in [5.74, 6) is 0.0299. The second kappa shape index (κ2) is 3.09. The van der Waals surface area contributed by atoms with Crippen LogP contribution >= 0.6 is 15.9 Å². The summed E-state index contributed by atoms with van der Waals surface area (Å²) >= 11 is 3.34. The normalized spacial score (nSPS) is 10.7. The topological polar surface area (TPSA) is 60.9 Å². The van der Waals surface area contributed by atoms with Crippen LogP contribution in [0.15, 0.2) is 27.5 Å². The Kier molecular flexibility index (Phi) is 2.03. The molecular formula is C9H8BrN3O. The highest BCUT2D eigenvalue weighted by Gasteiger charge is 2.05. The molecule has 0 saturated heterocycles. The van der Waals surface area contributed by atoms with Crippen LogP contribution in [0.3, 0.4) is 0 Å². The minimum Gasteiger partial charge on any atom is -0.379 e. The van der Waals surface area contributed by atoms with E-state index in [4.69, 9.17) is 5.73 Å². The zero-order valence-corrected chi connectivity index (χ0v) is 9.08. The first kappa shape index (κ1) is 9.21. The highest BCUT2D eigenvalue weighted by Crippen LogP contribution is 2.16. The second-order valence-electron chi connectivity index (χ2n) is 3.00. The Morgan fingerprint density at radius 2 is 2.21 bits per heavy atom. The van der Waals surface area contributed by atoms with E-state index in [1.54, 1.807) is 17.8 Å². The van der Waals surface area contributed by atoms with Gasteiger partial charge in [-0.05, 0) is 18.2 Å². The maximum absolute atomic E-state index is 11.6. The molecule has 0 fully saturated rings. The molecule has 0 aliphatic rings. The molecule has 1 aromatic carbocycles. The number of halogens is 1. The Morgan fingerprint density at radius 1 is 1.50 bits per heavy atom. The molecule has 0 aliphatic carbocycles. The molecule has 72 valence electrons. The van der Waals surface area contributed by atoms with Crippen molar-refractivity contribution in [1.29, 1.82) is 0 Å². The van der Waals surface area contributed by atoms with E-state index in [0.29, 0.717) is 5.39 Å². The number of nitrogen functional groups attached to an aromatic ring is 1. The molecule has 2 aromatic rings. The molecule has 0 unspecified atom stereocenters. The summed E-state index contributed by atoms with van der Waals surface area (Å²) in [5.41, 5.74) is 6.01. The molecule has 5 heteroatoms. The first-order chi connectivity index (χ1) is 6.59. The lowest BCUT2D eigenvalue weighted by atomic mass is 10.2. The third kappa shape index (κ3) is 1.29. The number of aryl methyl sites for hydroxylation is 1. The van der Waals surface area contributed by atoms with Crippen LogP contribution in [0.5, 0.6) is 0 Å². The van der Waals surface area contributed by atoms with Crippen molar-refractivity contribution in [2.45, 2.75) is 0 Å². The van der Waals surface area contributed by atoms with Crippen molar-refractivity contribution in [2.24, 2.45) is 7.05 Å². The van der Waals surface area contributed by atoms with E-state index < -0.39 is 0 Å². The van der Waals surface area contributed by atoms with Crippen molar-refractivity contribution in [3.8, 4) is 0 Å². The monoisotopic (exact) mass is 253 g/mol. The van der Waals surface area contributed by atoms with Crippen molar-refractivity contribution in [2.75, 3.05) is 5.73 Å². The van der Waals surface area contributed by atoms with E-state index in [-0.39, 0.29) is 11.2 Å². The van der Waals surface area contributed by atoms with E-state index in [1.165, 1.54) is 0 Å². The molecule has 1 aromatic heterocycles. The average Bonchev–Trinajstić information content (AvgIpc) is 2.14. The Bertz CT molecular complexity index is 562. The van der Waals surface area contributed by atoms with Crippen molar-refractivity contribution < 1.29 is 0 Å². The molecule has 0 saturated carbocycles. The van der Waals surface area contributed by atoms with E-state index in [2.05, 4.69) is 21.0 Å². The van der Waals surface area contributed by atoms with Crippen molar-refractivity contribution >= 4 is 32.7 Å². The van der Waals surface area contributed by atoms with Crippen LogP contribution in [0.25, 0.3) is 10.9 Å².